The van der Waals surface area contributed by atoms with Crippen LogP contribution in [0.5, 0.6) is 0 Å². The van der Waals surface area contributed by atoms with E-state index in [9.17, 15) is 14.5 Å². The number of anilines is 2. The number of non-ortho nitro benzene ring substituents is 1. The first-order chi connectivity index (χ1) is 12.9. The molecular formula is C16H12ClFN6O2S. The van der Waals surface area contributed by atoms with Crippen molar-refractivity contribution in [2.75, 3.05) is 10.6 Å². The first-order valence-corrected chi connectivity index (χ1v) is 8.35. The zero-order valence-electron chi connectivity index (χ0n) is 13.6. The molecule has 2 N–H and O–H groups in total. The van der Waals surface area contributed by atoms with Crippen molar-refractivity contribution < 1.29 is 9.31 Å². The summed E-state index contributed by atoms with van der Waals surface area (Å²) in [4.78, 5) is 14.4. The summed E-state index contributed by atoms with van der Waals surface area (Å²) in [6, 6.07) is 10.0. The van der Waals surface area contributed by atoms with Gasteiger partial charge in [-0.15, -0.1) is 5.10 Å². The first-order valence-electron chi connectivity index (χ1n) is 7.56. The zero-order chi connectivity index (χ0) is 19.4. The standard InChI is InChI=1S/C16H12ClFN6O2S/c17-14-6-11(18)5-4-10(14)8-23-9-19-15(22-23)21-16(27)20-12-2-1-3-13(7-12)24(25)26/h1-7,9H,8H2,(H2,20,21,22,27). The molecule has 3 rings (SSSR count). The van der Waals surface area contributed by atoms with E-state index in [0.29, 0.717) is 22.8 Å². The Morgan fingerprint density at radius 3 is 2.85 bits per heavy atom. The van der Waals surface area contributed by atoms with Crippen LogP contribution in [0.4, 0.5) is 21.7 Å². The molecule has 8 nitrogen and oxygen atoms in total. The average molecular weight is 407 g/mol. The number of benzene rings is 2. The van der Waals surface area contributed by atoms with E-state index in [4.69, 9.17) is 23.8 Å². The van der Waals surface area contributed by atoms with Crippen molar-refractivity contribution in [2.24, 2.45) is 0 Å². The Bertz CT molecular complexity index is 1010. The molecular weight excluding hydrogens is 395 g/mol. The normalized spacial score (nSPS) is 10.4. The SMILES string of the molecule is O=[N+]([O-])c1cccc(NC(=S)Nc2ncn(Cc3ccc(F)cc3Cl)n2)c1. The topological polar surface area (TPSA) is 97.9 Å². The molecule has 0 unspecified atom stereocenters. The van der Waals surface area contributed by atoms with Gasteiger partial charge in [0, 0.05) is 22.8 Å². The maximum absolute atomic E-state index is 13.1. The molecule has 0 atom stereocenters. The fourth-order valence-electron chi connectivity index (χ4n) is 2.21. The Kier molecular flexibility index (Phi) is 5.57. The molecule has 1 aromatic heterocycles. The predicted molar refractivity (Wildman–Crippen MR) is 103 cm³/mol. The van der Waals surface area contributed by atoms with Gasteiger partial charge in [0.05, 0.1) is 11.5 Å². The third-order valence-electron chi connectivity index (χ3n) is 3.42. The molecule has 3 aromatic rings. The molecule has 0 aliphatic carbocycles. The average Bonchev–Trinajstić information content (AvgIpc) is 3.04. The van der Waals surface area contributed by atoms with E-state index in [1.807, 2.05) is 0 Å². The van der Waals surface area contributed by atoms with Crippen LogP contribution in [0, 0.1) is 15.9 Å². The lowest BCUT2D eigenvalue weighted by atomic mass is 10.2. The van der Waals surface area contributed by atoms with Crippen LogP contribution in [0.2, 0.25) is 5.02 Å². The van der Waals surface area contributed by atoms with Gasteiger partial charge in [-0.2, -0.15) is 0 Å². The van der Waals surface area contributed by atoms with E-state index >= 15 is 0 Å². The van der Waals surface area contributed by atoms with Crippen molar-refractivity contribution in [1.29, 1.82) is 0 Å². The van der Waals surface area contributed by atoms with Crippen molar-refractivity contribution in [1.82, 2.24) is 14.8 Å². The summed E-state index contributed by atoms with van der Waals surface area (Å²) in [7, 11) is 0. The highest BCUT2D eigenvalue weighted by Gasteiger charge is 2.09. The van der Waals surface area contributed by atoms with Gasteiger partial charge >= 0.3 is 0 Å². The van der Waals surface area contributed by atoms with Gasteiger partial charge < -0.3 is 5.32 Å². The lowest BCUT2D eigenvalue weighted by Crippen LogP contribution is -2.20. The van der Waals surface area contributed by atoms with Crippen LogP contribution in [0.25, 0.3) is 0 Å². The molecule has 0 fully saturated rings. The van der Waals surface area contributed by atoms with E-state index in [-0.39, 0.29) is 16.7 Å². The van der Waals surface area contributed by atoms with Gasteiger partial charge in [-0.1, -0.05) is 23.7 Å². The number of hydrogen-bond donors (Lipinski definition) is 2. The third-order valence-corrected chi connectivity index (χ3v) is 3.98. The second-order valence-corrected chi connectivity index (χ2v) is 6.20. The number of rotatable bonds is 5. The first kappa shape index (κ1) is 18.7. The molecule has 0 spiro atoms. The minimum atomic E-state index is -0.495. The number of nitrogens with zero attached hydrogens (tertiary/aromatic N) is 4. The summed E-state index contributed by atoms with van der Waals surface area (Å²) in [5.74, 6) is -0.182. The fourth-order valence-corrected chi connectivity index (χ4v) is 2.65. The highest BCUT2D eigenvalue weighted by atomic mass is 35.5. The van der Waals surface area contributed by atoms with Crippen LogP contribution in [-0.2, 0) is 6.54 Å². The Balaban J connectivity index is 1.62. The van der Waals surface area contributed by atoms with Crippen molar-refractivity contribution in [3.63, 3.8) is 0 Å². The maximum Gasteiger partial charge on any atom is 0.271 e. The van der Waals surface area contributed by atoms with Crippen LogP contribution in [-0.4, -0.2) is 24.8 Å². The van der Waals surface area contributed by atoms with Crippen LogP contribution in [0.1, 0.15) is 5.56 Å². The van der Waals surface area contributed by atoms with Crippen LogP contribution < -0.4 is 10.6 Å². The minimum absolute atomic E-state index is 0.0543. The lowest BCUT2D eigenvalue weighted by molar-refractivity contribution is -0.384. The van der Waals surface area contributed by atoms with E-state index < -0.39 is 10.7 Å². The van der Waals surface area contributed by atoms with Crippen molar-refractivity contribution in [3.05, 3.63) is 75.3 Å². The fraction of sp³-hybridized carbons (Fsp3) is 0.0625. The van der Waals surface area contributed by atoms with Gasteiger partial charge in [-0.3, -0.25) is 15.4 Å². The second-order valence-electron chi connectivity index (χ2n) is 5.39. The molecule has 11 heteroatoms. The summed E-state index contributed by atoms with van der Waals surface area (Å²) < 4.78 is 14.6. The molecule has 1 heterocycles. The molecule has 0 saturated carbocycles. The van der Waals surface area contributed by atoms with Gasteiger partial charge in [0.25, 0.3) is 5.69 Å². The number of nitrogens with one attached hydrogen (secondary N) is 2. The molecule has 0 aliphatic rings. The summed E-state index contributed by atoms with van der Waals surface area (Å²) in [5.41, 5.74) is 1.09. The number of thiocarbonyl (C=S) groups is 1. The van der Waals surface area contributed by atoms with Crippen LogP contribution in [0.3, 0.4) is 0 Å². The summed E-state index contributed by atoms with van der Waals surface area (Å²) in [5, 5.41) is 21.1. The number of aromatic nitrogens is 3. The number of halogens is 2. The smallest absolute Gasteiger partial charge is 0.271 e. The summed E-state index contributed by atoms with van der Waals surface area (Å²) >= 11 is 11.2. The molecule has 0 bridgehead atoms. The molecule has 0 aliphatic heterocycles. The molecule has 2 aromatic carbocycles. The van der Waals surface area contributed by atoms with E-state index in [1.54, 1.807) is 18.2 Å². The lowest BCUT2D eigenvalue weighted by Gasteiger charge is -2.07. The monoisotopic (exact) mass is 406 g/mol. The van der Waals surface area contributed by atoms with E-state index in [0.717, 1.165) is 0 Å². The van der Waals surface area contributed by atoms with Gasteiger partial charge in [0.2, 0.25) is 5.95 Å². The van der Waals surface area contributed by atoms with Gasteiger partial charge in [-0.25, -0.2) is 14.1 Å². The number of nitro groups is 1. The van der Waals surface area contributed by atoms with Crippen molar-refractivity contribution >= 4 is 46.3 Å². The van der Waals surface area contributed by atoms with Crippen LogP contribution >= 0.6 is 23.8 Å². The van der Waals surface area contributed by atoms with Gasteiger partial charge in [0.15, 0.2) is 5.11 Å². The van der Waals surface area contributed by atoms with Gasteiger partial charge in [0.1, 0.15) is 12.1 Å². The zero-order valence-corrected chi connectivity index (χ0v) is 15.2. The second kappa shape index (κ2) is 8.06. The third kappa shape index (κ3) is 4.96. The Morgan fingerprint density at radius 1 is 1.30 bits per heavy atom. The highest BCUT2D eigenvalue weighted by molar-refractivity contribution is 7.80. The van der Waals surface area contributed by atoms with E-state index in [1.165, 1.54) is 35.3 Å². The maximum atomic E-state index is 13.1. The largest absolute Gasteiger partial charge is 0.332 e. The molecule has 0 saturated heterocycles. The van der Waals surface area contributed by atoms with E-state index in [2.05, 4.69) is 20.7 Å². The molecule has 138 valence electrons. The minimum Gasteiger partial charge on any atom is -0.332 e. The Hall–Kier alpha value is -3.11. The predicted octanol–water partition coefficient (Wildman–Crippen LogP) is 3.84. The summed E-state index contributed by atoms with van der Waals surface area (Å²) in [6.07, 6.45) is 1.47. The Morgan fingerprint density at radius 2 is 2.11 bits per heavy atom. The van der Waals surface area contributed by atoms with Crippen molar-refractivity contribution in [2.45, 2.75) is 6.54 Å². The van der Waals surface area contributed by atoms with Gasteiger partial charge in [-0.05, 0) is 36.0 Å². The molecule has 0 amide bonds. The number of hydrogen-bond acceptors (Lipinski definition) is 5. The quantitative estimate of drug-likeness (QED) is 0.377. The highest BCUT2D eigenvalue weighted by Crippen LogP contribution is 2.19. The van der Waals surface area contributed by atoms with Crippen molar-refractivity contribution in [3.8, 4) is 0 Å². The van der Waals surface area contributed by atoms with Crippen LogP contribution in [0.15, 0.2) is 48.8 Å². The Labute approximate surface area is 163 Å². The summed E-state index contributed by atoms with van der Waals surface area (Å²) in [6.45, 7) is 0.304. The molecule has 27 heavy (non-hydrogen) atoms. The molecule has 0 radical (unpaired) electrons. The number of nitro benzene ring substituents is 1.